The van der Waals surface area contributed by atoms with Gasteiger partial charge in [-0.25, -0.2) is 0 Å². The Hall–Kier alpha value is -3.28. The van der Waals surface area contributed by atoms with Crippen LogP contribution in [0, 0.1) is 0 Å². The monoisotopic (exact) mass is 657 g/mol. The van der Waals surface area contributed by atoms with Crippen molar-refractivity contribution in [3.8, 4) is 0 Å². The van der Waals surface area contributed by atoms with Crippen molar-refractivity contribution in [2.45, 2.75) is 60.0 Å². The molecule has 2 aromatic rings. The maximum absolute atomic E-state index is 14.2. The van der Waals surface area contributed by atoms with Crippen LogP contribution in [0.15, 0.2) is 60.7 Å². The fourth-order valence-electron chi connectivity index (χ4n) is 3.64. The van der Waals surface area contributed by atoms with Crippen LogP contribution in [0.4, 0.5) is 74.6 Å². The molecule has 0 aliphatic carbocycles. The lowest BCUT2D eigenvalue weighted by Crippen LogP contribution is -2.75. The highest BCUT2D eigenvalue weighted by Gasteiger charge is 2.95. The summed E-state index contributed by atoms with van der Waals surface area (Å²) in [5.41, 5.74) is 0.870. The van der Waals surface area contributed by atoms with E-state index in [1.807, 2.05) is 0 Å². The van der Waals surface area contributed by atoms with Crippen molar-refractivity contribution in [1.82, 2.24) is 5.32 Å². The van der Waals surface area contributed by atoms with E-state index >= 15 is 0 Å². The molecule has 19 heteroatoms. The first-order chi connectivity index (χ1) is 19.2. The Balaban J connectivity index is 2.37. The lowest BCUT2D eigenvalue weighted by Gasteiger charge is -2.42. The van der Waals surface area contributed by atoms with Crippen LogP contribution in [-0.4, -0.2) is 60.1 Å². The second-order valence-corrected chi connectivity index (χ2v) is 8.94. The van der Waals surface area contributed by atoms with Crippen LogP contribution in [0.3, 0.4) is 0 Å². The number of benzene rings is 2. The van der Waals surface area contributed by atoms with Gasteiger partial charge in [0.15, 0.2) is 0 Å². The molecule has 0 saturated carbocycles. The van der Waals surface area contributed by atoms with Gasteiger partial charge in [-0.05, 0) is 17.5 Å². The minimum absolute atomic E-state index is 0.435. The highest BCUT2D eigenvalue weighted by atomic mass is 19.4. The molecule has 1 amide bonds. The number of carbonyl (C=O) groups is 1. The summed E-state index contributed by atoms with van der Waals surface area (Å²) in [5.74, 6) is -62.4. The second kappa shape index (κ2) is 11.3. The van der Waals surface area contributed by atoms with E-state index in [4.69, 9.17) is 0 Å². The maximum atomic E-state index is 14.2. The fraction of sp³-hybridized carbons (Fsp3) is 0.458. The SMILES string of the molecule is O=C(NCCC(c1ccccc1)c1ccccc1)C(F)(F)C(F)(F)C(F)(F)C(F)(F)C(F)(F)C(F)(F)C(F)(F)C(F)(F)F. The molecular formula is C24H16F17NO. The standard InChI is InChI=1S/C24H16F17NO/c25-17(26,16(43)42-12-11-15(13-7-3-1-4-8-13)14-9-5-2-6-10-14)18(27,28)19(29,30)20(31,32)21(33,34)22(35,36)23(37,38)24(39,40)41/h1-10,15H,11-12H2,(H,42,43). The molecule has 0 fully saturated rings. The van der Waals surface area contributed by atoms with E-state index in [2.05, 4.69) is 0 Å². The molecule has 0 saturated heterocycles. The number of halogens is 17. The normalized spacial score (nSPS) is 14.7. The summed E-state index contributed by atoms with van der Waals surface area (Å²) in [5, 5.41) is 0.984. The highest BCUT2D eigenvalue weighted by Crippen LogP contribution is 2.63. The Bertz CT molecular complexity index is 1200. The molecule has 0 aromatic heterocycles. The summed E-state index contributed by atoms with van der Waals surface area (Å²) in [6, 6.07) is 15.1. The summed E-state index contributed by atoms with van der Waals surface area (Å²) < 4.78 is 228. The van der Waals surface area contributed by atoms with E-state index in [-0.39, 0.29) is 0 Å². The average molecular weight is 657 g/mol. The quantitative estimate of drug-likeness (QED) is 0.229. The van der Waals surface area contributed by atoms with Crippen molar-refractivity contribution in [1.29, 1.82) is 0 Å². The zero-order valence-electron chi connectivity index (χ0n) is 20.6. The van der Waals surface area contributed by atoms with E-state index < -0.39 is 72.4 Å². The van der Waals surface area contributed by atoms with Gasteiger partial charge in [0.25, 0.3) is 5.91 Å². The minimum Gasteiger partial charge on any atom is -0.351 e. The van der Waals surface area contributed by atoms with Gasteiger partial charge >= 0.3 is 47.6 Å². The van der Waals surface area contributed by atoms with Gasteiger partial charge in [-0.3, -0.25) is 4.79 Å². The summed E-state index contributed by atoms with van der Waals surface area (Å²) >= 11 is 0. The van der Waals surface area contributed by atoms with Crippen LogP contribution >= 0.6 is 0 Å². The molecule has 2 aromatic carbocycles. The van der Waals surface area contributed by atoms with Crippen molar-refractivity contribution in [3.05, 3.63) is 71.8 Å². The Morgan fingerprint density at radius 2 is 0.837 bits per heavy atom. The molecule has 0 spiro atoms. The Labute approximate surface area is 229 Å². The molecule has 1 N–H and O–H groups in total. The number of rotatable bonds is 12. The Morgan fingerprint density at radius 1 is 0.512 bits per heavy atom. The van der Waals surface area contributed by atoms with Crippen LogP contribution in [0.5, 0.6) is 0 Å². The molecule has 0 aliphatic heterocycles. The van der Waals surface area contributed by atoms with Crippen LogP contribution in [0.1, 0.15) is 23.5 Å². The van der Waals surface area contributed by atoms with Gasteiger partial charge in [-0.1, -0.05) is 60.7 Å². The first-order valence-electron chi connectivity index (χ1n) is 11.3. The van der Waals surface area contributed by atoms with E-state index in [1.165, 1.54) is 48.5 Å². The molecule has 2 rings (SSSR count). The average Bonchev–Trinajstić information content (AvgIpc) is 2.90. The number of hydrogen-bond acceptors (Lipinski definition) is 1. The van der Waals surface area contributed by atoms with Gasteiger partial charge in [0.2, 0.25) is 0 Å². The van der Waals surface area contributed by atoms with Gasteiger partial charge in [-0.15, -0.1) is 0 Å². The first kappa shape index (κ1) is 35.9. The van der Waals surface area contributed by atoms with E-state index in [0.717, 1.165) is 5.32 Å². The number of hydrogen-bond donors (Lipinski definition) is 1. The predicted molar refractivity (Wildman–Crippen MR) is 113 cm³/mol. The molecule has 0 unspecified atom stereocenters. The van der Waals surface area contributed by atoms with Crippen molar-refractivity contribution in [3.63, 3.8) is 0 Å². The lowest BCUT2D eigenvalue weighted by atomic mass is 9.88. The van der Waals surface area contributed by atoms with Gasteiger partial charge in [0, 0.05) is 12.5 Å². The number of amides is 1. The van der Waals surface area contributed by atoms with Crippen LogP contribution in [0.25, 0.3) is 0 Å². The van der Waals surface area contributed by atoms with Crippen molar-refractivity contribution < 1.29 is 79.4 Å². The molecule has 2 nitrogen and oxygen atoms in total. The molecule has 0 radical (unpaired) electrons. The fourth-order valence-corrected chi connectivity index (χ4v) is 3.64. The largest absolute Gasteiger partial charge is 0.460 e. The van der Waals surface area contributed by atoms with Gasteiger partial charge < -0.3 is 5.32 Å². The summed E-state index contributed by atoms with van der Waals surface area (Å²) in [4.78, 5) is 11.8. The van der Waals surface area contributed by atoms with Gasteiger partial charge in [-0.2, -0.15) is 74.6 Å². The molecular weight excluding hydrogens is 641 g/mol. The number of carbonyl (C=O) groups excluding carboxylic acids is 1. The van der Waals surface area contributed by atoms with Crippen molar-refractivity contribution in [2.75, 3.05) is 6.54 Å². The third-order valence-electron chi connectivity index (χ3n) is 6.13. The molecule has 43 heavy (non-hydrogen) atoms. The first-order valence-corrected chi connectivity index (χ1v) is 11.3. The van der Waals surface area contributed by atoms with Gasteiger partial charge in [0.05, 0.1) is 0 Å². The third-order valence-corrected chi connectivity index (χ3v) is 6.13. The van der Waals surface area contributed by atoms with E-state index in [0.29, 0.717) is 11.1 Å². The third kappa shape index (κ3) is 5.70. The zero-order valence-corrected chi connectivity index (χ0v) is 20.6. The van der Waals surface area contributed by atoms with Gasteiger partial charge in [0.1, 0.15) is 0 Å². The lowest BCUT2D eigenvalue weighted by molar-refractivity contribution is -0.459. The predicted octanol–water partition coefficient (Wildman–Crippen LogP) is 8.33. The number of alkyl halides is 17. The van der Waals surface area contributed by atoms with Crippen LogP contribution in [-0.2, 0) is 4.79 Å². The van der Waals surface area contributed by atoms with Crippen LogP contribution < -0.4 is 5.32 Å². The number of nitrogens with one attached hydrogen (secondary N) is 1. The van der Waals surface area contributed by atoms with Crippen molar-refractivity contribution in [2.24, 2.45) is 0 Å². The summed E-state index contributed by atoms with van der Waals surface area (Å²) in [6.45, 7) is -1.10. The molecule has 0 atom stereocenters. The smallest absolute Gasteiger partial charge is 0.351 e. The Morgan fingerprint density at radius 3 is 1.19 bits per heavy atom. The van der Waals surface area contributed by atoms with Crippen molar-refractivity contribution >= 4 is 5.91 Å². The summed E-state index contributed by atoms with van der Waals surface area (Å²) in [7, 11) is 0. The molecule has 0 bridgehead atoms. The highest BCUT2D eigenvalue weighted by molar-refractivity contribution is 5.84. The van der Waals surface area contributed by atoms with E-state index in [9.17, 15) is 79.4 Å². The van der Waals surface area contributed by atoms with Crippen LogP contribution in [0.2, 0.25) is 0 Å². The molecule has 0 aliphatic rings. The topological polar surface area (TPSA) is 29.1 Å². The zero-order chi connectivity index (χ0) is 33.5. The summed E-state index contributed by atoms with van der Waals surface area (Å²) in [6.07, 6.45) is -8.31. The second-order valence-electron chi connectivity index (χ2n) is 8.94. The minimum atomic E-state index is -8.75. The molecule has 242 valence electrons. The molecule has 0 heterocycles. The van der Waals surface area contributed by atoms with E-state index in [1.54, 1.807) is 12.1 Å². The Kier molecular flexibility index (Phi) is 9.47. The maximum Gasteiger partial charge on any atom is 0.460 e.